The lowest BCUT2D eigenvalue weighted by atomic mass is 9.53. The minimum absolute atomic E-state index is 0.0592. The van der Waals surface area contributed by atoms with E-state index in [-0.39, 0.29) is 6.10 Å². The molecule has 3 N–H and O–H groups in total. The number of hydrogen-bond donors (Lipinski definition) is 2. The number of nitrogens with two attached hydrogens (primary N) is 1. The van der Waals surface area contributed by atoms with Gasteiger partial charge in [0.15, 0.2) is 0 Å². The first-order valence-corrected chi connectivity index (χ1v) is 10.2. The van der Waals surface area contributed by atoms with Crippen molar-refractivity contribution >= 4 is 0 Å². The molecular weight excluding hydrogens is 270 g/mol. The Bertz CT molecular complexity index is 348. The number of aliphatic hydroxyl groups is 1. The molecule has 22 heavy (non-hydrogen) atoms. The average Bonchev–Trinajstić information content (AvgIpc) is 2.56. The zero-order chi connectivity index (χ0) is 15.1. The molecule has 126 valence electrons. The third kappa shape index (κ3) is 2.65. The van der Waals surface area contributed by atoms with Crippen molar-refractivity contribution in [3.63, 3.8) is 0 Å². The molecule has 0 spiro atoms. The van der Waals surface area contributed by atoms with Gasteiger partial charge in [-0.25, -0.2) is 0 Å². The summed E-state index contributed by atoms with van der Waals surface area (Å²) in [4.78, 5) is 0. The van der Waals surface area contributed by atoms with E-state index in [4.69, 9.17) is 5.73 Å². The molecule has 0 radical (unpaired) electrons. The zero-order valence-corrected chi connectivity index (χ0v) is 14.1. The number of aliphatic hydroxyl groups excluding tert-OH is 1. The van der Waals surface area contributed by atoms with Gasteiger partial charge in [-0.1, -0.05) is 38.5 Å². The second kappa shape index (κ2) is 6.43. The quantitative estimate of drug-likeness (QED) is 0.766. The SMILES string of the molecule is NC1CCC2CCCCC2C1[C@@H]1C2CCCCC2CC[C@@H]1O. The Kier molecular flexibility index (Phi) is 4.52. The standard InChI is InChI=1S/C20H35NO/c21-17-11-9-13-5-1-3-7-15(13)19(17)20-16-8-4-2-6-14(16)10-12-18(20)22/h13-20,22H,1-12,21H2/t13?,14?,15?,16?,17?,18-,19?,20+/m0/s1. The van der Waals surface area contributed by atoms with E-state index in [2.05, 4.69) is 0 Å². The van der Waals surface area contributed by atoms with Crippen LogP contribution in [0.1, 0.15) is 77.0 Å². The van der Waals surface area contributed by atoms with Crippen LogP contribution in [0.2, 0.25) is 0 Å². The Balaban J connectivity index is 1.61. The molecule has 4 aliphatic rings. The first-order valence-electron chi connectivity index (χ1n) is 10.2. The predicted octanol–water partition coefficient (Wildman–Crippen LogP) is 4.11. The molecule has 0 saturated heterocycles. The van der Waals surface area contributed by atoms with Gasteiger partial charge in [0.25, 0.3) is 0 Å². The summed E-state index contributed by atoms with van der Waals surface area (Å²) in [7, 11) is 0. The fourth-order valence-corrected chi connectivity index (χ4v) is 7.09. The van der Waals surface area contributed by atoms with Crippen LogP contribution in [-0.4, -0.2) is 17.3 Å². The molecule has 0 bridgehead atoms. The number of hydrogen-bond acceptors (Lipinski definition) is 2. The van der Waals surface area contributed by atoms with Crippen molar-refractivity contribution in [3.05, 3.63) is 0 Å². The third-order valence-electron chi connectivity index (χ3n) is 8.01. The Morgan fingerprint density at radius 1 is 0.591 bits per heavy atom. The van der Waals surface area contributed by atoms with Crippen LogP contribution in [0.15, 0.2) is 0 Å². The Hall–Kier alpha value is -0.0800. The fraction of sp³-hybridized carbons (Fsp3) is 1.00. The monoisotopic (exact) mass is 305 g/mol. The van der Waals surface area contributed by atoms with E-state index in [1.165, 1.54) is 70.6 Å². The molecule has 2 heteroatoms. The van der Waals surface area contributed by atoms with Crippen molar-refractivity contribution in [2.75, 3.05) is 0 Å². The Morgan fingerprint density at radius 3 is 1.82 bits per heavy atom. The van der Waals surface area contributed by atoms with Crippen LogP contribution in [0, 0.1) is 35.5 Å². The van der Waals surface area contributed by atoms with Crippen molar-refractivity contribution in [3.8, 4) is 0 Å². The lowest BCUT2D eigenvalue weighted by Gasteiger charge is -2.54. The second-order valence-electron chi connectivity index (χ2n) is 8.96. The zero-order valence-electron chi connectivity index (χ0n) is 14.1. The molecule has 6 unspecified atom stereocenters. The largest absolute Gasteiger partial charge is 0.393 e. The van der Waals surface area contributed by atoms with Gasteiger partial charge in [-0.05, 0) is 74.0 Å². The number of rotatable bonds is 1. The van der Waals surface area contributed by atoms with Gasteiger partial charge in [-0.15, -0.1) is 0 Å². The van der Waals surface area contributed by atoms with Gasteiger partial charge >= 0.3 is 0 Å². The molecule has 0 aromatic rings. The molecule has 0 heterocycles. The van der Waals surface area contributed by atoms with Crippen LogP contribution < -0.4 is 5.73 Å². The molecule has 8 atom stereocenters. The van der Waals surface area contributed by atoms with Crippen LogP contribution in [0.25, 0.3) is 0 Å². The molecule has 0 amide bonds. The van der Waals surface area contributed by atoms with E-state index < -0.39 is 0 Å². The fourth-order valence-electron chi connectivity index (χ4n) is 7.09. The summed E-state index contributed by atoms with van der Waals surface area (Å²) >= 11 is 0. The Morgan fingerprint density at radius 2 is 1.14 bits per heavy atom. The summed E-state index contributed by atoms with van der Waals surface area (Å²) in [5.41, 5.74) is 6.69. The third-order valence-corrected chi connectivity index (χ3v) is 8.01. The van der Waals surface area contributed by atoms with Crippen LogP contribution in [0.5, 0.6) is 0 Å². The van der Waals surface area contributed by atoms with Gasteiger partial charge < -0.3 is 10.8 Å². The summed E-state index contributed by atoms with van der Waals surface area (Å²) in [6.07, 6.45) is 16.1. The van der Waals surface area contributed by atoms with Gasteiger partial charge in [0.1, 0.15) is 0 Å². The maximum Gasteiger partial charge on any atom is 0.0574 e. The summed E-state index contributed by atoms with van der Waals surface area (Å²) in [5.74, 6) is 4.60. The summed E-state index contributed by atoms with van der Waals surface area (Å²) in [6.45, 7) is 0. The van der Waals surface area contributed by atoms with Crippen LogP contribution in [0.4, 0.5) is 0 Å². The van der Waals surface area contributed by atoms with E-state index in [1.54, 1.807) is 0 Å². The molecule has 4 rings (SSSR count). The molecule has 0 aliphatic heterocycles. The van der Waals surface area contributed by atoms with Crippen molar-refractivity contribution in [2.45, 2.75) is 89.2 Å². The maximum absolute atomic E-state index is 10.9. The minimum Gasteiger partial charge on any atom is -0.393 e. The second-order valence-corrected chi connectivity index (χ2v) is 8.96. The molecule has 4 fully saturated rings. The highest BCUT2D eigenvalue weighted by molar-refractivity contribution is 5.01. The van der Waals surface area contributed by atoms with E-state index in [9.17, 15) is 5.11 Å². The smallest absolute Gasteiger partial charge is 0.0574 e. The van der Waals surface area contributed by atoms with Crippen molar-refractivity contribution in [2.24, 2.45) is 41.2 Å². The summed E-state index contributed by atoms with van der Waals surface area (Å²) in [5, 5.41) is 10.9. The topological polar surface area (TPSA) is 46.2 Å². The van der Waals surface area contributed by atoms with Crippen LogP contribution in [-0.2, 0) is 0 Å². The van der Waals surface area contributed by atoms with Gasteiger partial charge in [-0.3, -0.25) is 0 Å². The maximum atomic E-state index is 10.9. The van der Waals surface area contributed by atoms with Gasteiger partial charge in [0, 0.05) is 6.04 Å². The van der Waals surface area contributed by atoms with E-state index in [0.717, 1.165) is 30.1 Å². The van der Waals surface area contributed by atoms with Gasteiger partial charge in [0.2, 0.25) is 0 Å². The van der Waals surface area contributed by atoms with Crippen molar-refractivity contribution in [1.82, 2.24) is 0 Å². The van der Waals surface area contributed by atoms with E-state index in [0.29, 0.717) is 17.9 Å². The van der Waals surface area contributed by atoms with E-state index >= 15 is 0 Å². The van der Waals surface area contributed by atoms with Gasteiger partial charge in [-0.2, -0.15) is 0 Å². The Labute approximate surface area is 136 Å². The average molecular weight is 306 g/mol. The normalized spacial score (nSPS) is 52.6. The first kappa shape index (κ1) is 15.4. The highest BCUT2D eigenvalue weighted by Crippen LogP contribution is 2.54. The lowest BCUT2D eigenvalue weighted by molar-refractivity contribution is -0.0865. The van der Waals surface area contributed by atoms with Crippen LogP contribution in [0.3, 0.4) is 0 Å². The summed E-state index contributed by atoms with van der Waals surface area (Å²) in [6, 6.07) is 0.361. The molecule has 2 nitrogen and oxygen atoms in total. The number of fused-ring (bicyclic) bond motifs is 2. The van der Waals surface area contributed by atoms with Gasteiger partial charge in [0.05, 0.1) is 6.10 Å². The van der Waals surface area contributed by atoms with E-state index in [1.807, 2.05) is 0 Å². The summed E-state index contributed by atoms with van der Waals surface area (Å²) < 4.78 is 0. The van der Waals surface area contributed by atoms with Crippen molar-refractivity contribution in [1.29, 1.82) is 0 Å². The molecule has 4 aliphatic carbocycles. The molecule has 4 saturated carbocycles. The lowest BCUT2D eigenvalue weighted by Crippen LogP contribution is -2.54. The molecule has 0 aromatic carbocycles. The minimum atomic E-state index is -0.0592. The molecular formula is C20H35NO. The highest BCUT2D eigenvalue weighted by atomic mass is 16.3. The molecule has 0 aromatic heterocycles. The predicted molar refractivity (Wildman–Crippen MR) is 90.3 cm³/mol. The van der Waals surface area contributed by atoms with Crippen molar-refractivity contribution < 1.29 is 5.11 Å². The highest BCUT2D eigenvalue weighted by Gasteiger charge is 2.50. The first-order chi connectivity index (χ1) is 10.8. The van der Waals surface area contributed by atoms with Crippen LogP contribution >= 0.6 is 0 Å².